The molecule has 0 aromatic carbocycles. The van der Waals surface area contributed by atoms with Crippen molar-refractivity contribution < 1.29 is 67.7 Å². The predicted octanol–water partition coefficient (Wildman–Crippen LogP) is 4.32. The molecule has 1 aliphatic rings. The number of Topliss-reactive ketones (excluding diaryl/α,β-unsaturated/α-hetero) is 1. The van der Waals surface area contributed by atoms with Gasteiger partial charge >= 0.3 is 24.7 Å². The van der Waals surface area contributed by atoms with Gasteiger partial charge in [-0.1, -0.05) is 0 Å². The zero-order valence-electron chi connectivity index (χ0n) is 14.2. The average Bonchev–Trinajstić information content (AvgIpc) is 2.48. The quantitative estimate of drug-likeness (QED) is 0.620. The minimum Gasteiger partial charge on any atom is -0.373 e. The number of halogens is 12. The Kier molecular flexibility index (Phi) is 6.37. The normalized spacial score (nSPS) is 25.8. The fourth-order valence-corrected chi connectivity index (χ4v) is 3.58. The molecular weight excluding hydrogens is 444 g/mol. The van der Waals surface area contributed by atoms with Crippen molar-refractivity contribution >= 4 is 5.78 Å². The van der Waals surface area contributed by atoms with Gasteiger partial charge in [-0.3, -0.25) is 4.79 Å². The molecule has 29 heavy (non-hydrogen) atoms. The Morgan fingerprint density at radius 3 is 1.03 bits per heavy atom. The van der Waals surface area contributed by atoms with Crippen molar-refractivity contribution in [3.8, 4) is 0 Å². The van der Waals surface area contributed by atoms with Crippen LogP contribution in [0.25, 0.3) is 0 Å². The van der Waals surface area contributed by atoms with Crippen molar-refractivity contribution in [1.82, 2.24) is 0 Å². The zero-order chi connectivity index (χ0) is 23.4. The third kappa shape index (κ3) is 4.16. The molecule has 1 aliphatic carbocycles. The number of carbonyl (C=O) groups is 1. The Morgan fingerprint density at radius 2 is 0.862 bits per heavy atom. The first kappa shape index (κ1) is 25.8. The molecule has 0 bridgehead atoms. The lowest BCUT2D eigenvalue weighted by molar-refractivity contribution is -0.404. The summed E-state index contributed by atoms with van der Waals surface area (Å²) in [7, 11) is 0. The van der Waals surface area contributed by atoms with Crippen molar-refractivity contribution in [2.75, 3.05) is 0 Å². The van der Waals surface area contributed by atoms with Gasteiger partial charge in [-0.15, -0.1) is 0 Å². The number of alkyl halides is 12. The molecule has 0 amide bonds. The van der Waals surface area contributed by atoms with E-state index in [4.69, 9.17) is 0 Å². The molecule has 15 heteroatoms. The highest BCUT2D eigenvalue weighted by Crippen LogP contribution is 2.58. The van der Waals surface area contributed by atoms with Gasteiger partial charge in [-0.05, 0) is 26.2 Å². The second-order valence-electron chi connectivity index (χ2n) is 6.93. The average molecular weight is 458 g/mol. The first-order valence-corrected chi connectivity index (χ1v) is 7.73. The summed E-state index contributed by atoms with van der Waals surface area (Å²) in [6.45, 7) is 0.546. The maximum absolute atomic E-state index is 13.0. The molecular formula is C14H14F12O3. The SMILES string of the molecule is CC(=O)C1CC(C(O)(C(F)(F)F)C(F)(F)F)CC(C(O)(C(F)(F)F)C(F)(F)F)C1. The molecule has 0 aromatic rings. The highest BCUT2D eigenvalue weighted by Gasteiger charge is 2.78. The number of aliphatic hydroxyl groups is 2. The van der Waals surface area contributed by atoms with E-state index in [-0.39, 0.29) is 0 Å². The topological polar surface area (TPSA) is 57.5 Å². The Bertz CT molecular complexity index is 541. The smallest absolute Gasteiger partial charge is 0.373 e. The van der Waals surface area contributed by atoms with Gasteiger partial charge in [0.2, 0.25) is 0 Å². The number of hydrogen-bond donors (Lipinski definition) is 2. The van der Waals surface area contributed by atoms with Crippen LogP contribution in [0.4, 0.5) is 52.7 Å². The van der Waals surface area contributed by atoms with Crippen LogP contribution in [0.15, 0.2) is 0 Å². The fraction of sp³-hybridized carbons (Fsp3) is 0.929. The molecule has 0 aromatic heterocycles. The van der Waals surface area contributed by atoms with Crippen LogP contribution < -0.4 is 0 Å². The largest absolute Gasteiger partial charge is 0.426 e. The summed E-state index contributed by atoms with van der Waals surface area (Å²) in [4.78, 5) is 11.5. The summed E-state index contributed by atoms with van der Waals surface area (Å²) in [6.07, 6.45) is -31.2. The Labute approximate surface area is 154 Å². The van der Waals surface area contributed by atoms with Gasteiger partial charge in [0.25, 0.3) is 11.2 Å². The maximum atomic E-state index is 13.0. The van der Waals surface area contributed by atoms with E-state index < -0.39 is 78.7 Å². The lowest BCUT2D eigenvalue weighted by Gasteiger charge is -2.48. The van der Waals surface area contributed by atoms with Crippen LogP contribution in [-0.4, -0.2) is 51.9 Å². The highest BCUT2D eigenvalue weighted by molar-refractivity contribution is 5.78. The maximum Gasteiger partial charge on any atom is 0.426 e. The van der Waals surface area contributed by atoms with E-state index in [2.05, 4.69) is 0 Å². The van der Waals surface area contributed by atoms with Gasteiger partial charge in [0, 0.05) is 17.8 Å². The molecule has 2 unspecified atom stereocenters. The summed E-state index contributed by atoms with van der Waals surface area (Å²) in [6, 6.07) is 0. The first-order chi connectivity index (χ1) is 12.5. The minimum absolute atomic E-state index is 0.546. The Balaban J connectivity index is 3.65. The van der Waals surface area contributed by atoms with Gasteiger partial charge in [-0.2, -0.15) is 52.7 Å². The molecule has 1 saturated carbocycles. The predicted molar refractivity (Wildman–Crippen MR) is 69.1 cm³/mol. The lowest BCUT2D eigenvalue weighted by Crippen LogP contribution is -2.67. The van der Waals surface area contributed by atoms with Crippen LogP contribution >= 0.6 is 0 Å². The van der Waals surface area contributed by atoms with E-state index in [1.165, 1.54) is 0 Å². The van der Waals surface area contributed by atoms with Crippen molar-refractivity contribution in [3.63, 3.8) is 0 Å². The van der Waals surface area contributed by atoms with Crippen molar-refractivity contribution in [1.29, 1.82) is 0 Å². The molecule has 2 atom stereocenters. The molecule has 0 spiro atoms. The van der Waals surface area contributed by atoms with E-state index in [1.807, 2.05) is 0 Å². The summed E-state index contributed by atoms with van der Waals surface area (Å²) in [5.41, 5.74) is -11.4. The molecule has 2 N–H and O–H groups in total. The number of ketones is 1. The van der Waals surface area contributed by atoms with Crippen LogP contribution in [0, 0.1) is 17.8 Å². The third-order valence-corrected chi connectivity index (χ3v) is 5.19. The molecule has 0 aliphatic heterocycles. The Hall–Kier alpha value is -1.25. The third-order valence-electron chi connectivity index (χ3n) is 5.19. The number of rotatable bonds is 3. The molecule has 1 rings (SSSR count). The first-order valence-electron chi connectivity index (χ1n) is 7.73. The zero-order valence-corrected chi connectivity index (χ0v) is 14.2. The van der Waals surface area contributed by atoms with Crippen LogP contribution in [0.5, 0.6) is 0 Å². The van der Waals surface area contributed by atoms with Gasteiger partial charge in [-0.25, -0.2) is 0 Å². The molecule has 1 fully saturated rings. The van der Waals surface area contributed by atoms with Crippen molar-refractivity contribution in [2.24, 2.45) is 17.8 Å². The summed E-state index contributed by atoms with van der Waals surface area (Å²) in [5, 5.41) is 18.8. The van der Waals surface area contributed by atoms with Crippen LogP contribution in [0.2, 0.25) is 0 Å². The molecule has 0 radical (unpaired) electrons. The van der Waals surface area contributed by atoms with Gasteiger partial charge in [0.15, 0.2) is 0 Å². The van der Waals surface area contributed by atoms with Crippen LogP contribution in [0.3, 0.4) is 0 Å². The van der Waals surface area contributed by atoms with Crippen LogP contribution in [0.1, 0.15) is 26.2 Å². The molecule has 0 heterocycles. The molecule has 3 nitrogen and oxygen atoms in total. The summed E-state index contributed by atoms with van der Waals surface area (Å²) in [5.74, 6) is -10.0. The molecule has 172 valence electrons. The Morgan fingerprint density at radius 1 is 0.621 bits per heavy atom. The minimum atomic E-state index is -6.53. The standard InChI is InChI=1S/C14H14F12O3/c1-5(27)6-2-7(9(28,11(15,16)17)12(18,19)20)4-8(3-6)10(29,13(21,22)23)14(24,25)26/h6-8,28-29H,2-4H2,1H3. The highest BCUT2D eigenvalue weighted by atomic mass is 19.4. The molecule has 0 saturated heterocycles. The van der Waals surface area contributed by atoms with Crippen LogP contribution in [-0.2, 0) is 4.79 Å². The van der Waals surface area contributed by atoms with Gasteiger partial charge in [0.1, 0.15) is 5.78 Å². The number of hydrogen-bond acceptors (Lipinski definition) is 3. The number of carbonyl (C=O) groups excluding carboxylic acids is 1. The van der Waals surface area contributed by atoms with E-state index in [0.29, 0.717) is 6.92 Å². The van der Waals surface area contributed by atoms with Crippen molar-refractivity contribution in [2.45, 2.75) is 62.1 Å². The van der Waals surface area contributed by atoms with Gasteiger partial charge in [0.05, 0.1) is 0 Å². The summed E-state index contributed by atoms with van der Waals surface area (Å²) < 4.78 is 157. The van der Waals surface area contributed by atoms with E-state index >= 15 is 0 Å². The summed E-state index contributed by atoms with van der Waals surface area (Å²) >= 11 is 0. The fourth-order valence-electron chi connectivity index (χ4n) is 3.58. The monoisotopic (exact) mass is 458 g/mol. The second kappa shape index (κ2) is 7.17. The second-order valence-corrected chi connectivity index (χ2v) is 6.93. The van der Waals surface area contributed by atoms with E-state index in [0.717, 1.165) is 0 Å². The van der Waals surface area contributed by atoms with E-state index in [1.54, 1.807) is 0 Å². The van der Waals surface area contributed by atoms with E-state index in [9.17, 15) is 67.7 Å². The van der Waals surface area contributed by atoms with Gasteiger partial charge < -0.3 is 10.2 Å². The van der Waals surface area contributed by atoms with Crippen molar-refractivity contribution in [3.05, 3.63) is 0 Å². The lowest BCUT2D eigenvalue weighted by atomic mass is 9.62.